The van der Waals surface area contributed by atoms with E-state index >= 15 is 0 Å². The lowest BCUT2D eigenvalue weighted by atomic mass is 9.89. The molecule has 3 amide bonds. The van der Waals surface area contributed by atoms with Gasteiger partial charge in [0, 0.05) is 49.6 Å². The first-order valence-corrected chi connectivity index (χ1v) is 18.5. The fraction of sp³-hybridized carbons (Fsp3) is 0.462. The first kappa shape index (κ1) is 40.5. The normalized spacial score (nSPS) is 25.3. The summed E-state index contributed by atoms with van der Waals surface area (Å²) in [5.41, 5.74) is 8.53. The number of carbonyl (C=O) groups excluding carboxylic acids is 4. The number of allylic oxidation sites excluding steroid dienone is 2. The third-order valence-electron chi connectivity index (χ3n) is 9.31. The number of rotatable bonds is 7. The molecule has 0 aliphatic carbocycles. The van der Waals surface area contributed by atoms with Gasteiger partial charge in [0.2, 0.25) is 11.8 Å². The highest BCUT2D eigenvalue weighted by atomic mass is 19.1. The molecule has 2 aliphatic heterocycles. The van der Waals surface area contributed by atoms with Crippen molar-refractivity contribution < 1.29 is 37.8 Å². The zero-order valence-electron chi connectivity index (χ0n) is 31.3. The Balaban J connectivity index is 1.32. The van der Waals surface area contributed by atoms with Gasteiger partial charge in [-0.1, -0.05) is 61.1 Å². The van der Waals surface area contributed by atoms with Crippen LogP contribution in [0.25, 0.3) is 11.3 Å². The molecule has 55 heavy (non-hydrogen) atoms. The summed E-state index contributed by atoms with van der Waals surface area (Å²) in [4.78, 5) is 59.1. The van der Waals surface area contributed by atoms with Crippen molar-refractivity contribution in [2.45, 2.75) is 83.8 Å². The van der Waals surface area contributed by atoms with Crippen LogP contribution in [0.3, 0.4) is 0 Å². The van der Waals surface area contributed by atoms with E-state index in [1.807, 2.05) is 26.0 Å². The maximum atomic E-state index is 14.9. The van der Waals surface area contributed by atoms with E-state index in [1.54, 1.807) is 48.2 Å². The Morgan fingerprint density at radius 1 is 1.20 bits per heavy atom. The fourth-order valence-electron chi connectivity index (χ4n) is 6.60. The molecule has 2 bridgehead atoms. The maximum Gasteiger partial charge on any atom is 0.329 e. The van der Waals surface area contributed by atoms with Gasteiger partial charge in [0.1, 0.15) is 30.3 Å². The van der Waals surface area contributed by atoms with Crippen LogP contribution in [0.2, 0.25) is 0 Å². The van der Waals surface area contributed by atoms with Gasteiger partial charge in [0.15, 0.2) is 11.6 Å². The number of hydrogen-bond donors (Lipinski definition) is 4. The van der Waals surface area contributed by atoms with Gasteiger partial charge in [-0.25, -0.2) is 14.2 Å². The van der Waals surface area contributed by atoms with E-state index in [4.69, 9.17) is 14.9 Å². The molecule has 2 aliphatic rings. The fourth-order valence-corrected chi connectivity index (χ4v) is 6.60. The summed E-state index contributed by atoms with van der Waals surface area (Å²) in [5.74, 6) is -2.99. The number of ether oxygens (including phenoxy) is 1. The molecule has 0 saturated carbocycles. The topological polar surface area (TPSA) is 208 Å². The van der Waals surface area contributed by atoms with Gasteiger partial charge in [0.05, 0.1) is 25.3 Å². The number of aromatic nitrogens is 4. The number of amides is 3. The summed E-state index contributed by atoms with van der Waals surface area (Å²) >= 11 is 0. The number of cyclic esters (lactones) is 1. The van der Waals surface area contributed by atoms with Crippen LogP contribution in [0, 0.1) is 11.8 Å². The minimum atomic E-state index is -1.50. The molecule has 5 N–H and O–H groups in total. The minimum Gasteiger partial charge on any atom is -0.460 e. The number of nitrogens with zero attached hydrogens (tertiary/aromatic N) is 5. The summed E-state index contributed by atoms with van der Waals surface area (Å²) in [6.07, 6.45) is 7.49. The van der Waals surface area contributed by atoms with Gasteiger partial charge >= 0.3 is 5.97 Å². The van der Waals surface area contributed by atoms with Gasteiger partial charge in [-0.2, -0.15) is 0 Å². The number of fused-ring (bicyclic) bond motifs is 3. The van der Waals surface area contributed by atoms with Crippen molar-refractivity contribution in [3.8, 4) is 11.3 Å². The number of aliphatic hydroxyl groups excluding tert-OH is 1. The summed E-state index contributed by atoms with van der Waals surface area (Å²) in [6, 6.07) is 6.34. The lowest BCUT2D eigenvalue weighted by Crippen LogP contribution is -2.44. The zero-order valence-corrected chi connectivity index (χ0v) is 31.3. The number of carbonyl (C=O) groups is 4. The predicted octanol–water partition coefficient (Wildman–Crippen LogP) is 3.33. The van der Waals surface area contributed by atoms with Crippen LogP contribution in [0.15, 0.2) is 77.1 Å². The lowest BCUT2D eigenvalue weighted by Gasteiger charge is -2.30. The summed E-state index contributed by atoms with van der Waals surface area (Å²) in [6.45, 7) is 6.41. The average molecular weight is 761 g/mol. The van der Waals surface area contributed by atoms with Crippen LogP contribution in [0.5, 0.6) is 0 Å². The second-order valence-electron chi connectivity index (χ2n) is 14.2. The van der Waals surface area contributed by atoms with Crippen LogP contribution in [-0.2, 0) is 32.1 Å². The molecule has 3 aromatic rings. The van der Waals surface area contributed by atoms with Crippen molar-refractivity contribution in [3.63, 3.8) is 0 Å². The Morgan fingerprint density at radius 3 is 2.80 bits per heavy atom. The number of halogens is 1. The molecular formula is C39H49FN8O7. The van der Waals surface area contributed by atoms with Crippen LogP contribution in [0.4, 0.5) is 10.1 Å². The van der Waals surface area contributed by atoms with Crippen molar-refractivity contribution in [2.24, 2.45) is 11.8 Å². The second-order valence-corrected chi connectivity index (χ2v) is 14.2. The number of oxazole rings is 1. The number of anilines is 1. The third-order valence-corrected chi connectivity index (χ3v) is 9.31. The molecule has 15 nitrogen and oxygen atoms in total. The van der Waals surface area contributed by atoms with Crippen molar-refractivity contribution in [3.05, 3.63) is 84.3 Å². The Bertz CT molecular complexity index is 1900. The number of aliphatic hydroxyl groups is 1. The van der Waals surface area contributed by atoms with Gasteiger partial charge in [0.25, 0.3) is 5.91 Å². The second kappa shape index (κ2) is 19.1. The van der Waals surface area contributed by atoms with E-state index in [-0.39, 0.29) is 62.3 Å². The molecule has 0 radical (unpaired) electrons. The first-order valence-electron chi connectivity index (χ1n) is 18.5. The molecule has 5 atom stereocenters. The first-order chi connectivity index (χ1) is 26.4. The van der Waals surface area contributed by atoms with E-state index in [0.717, 1.165) is 11.8 Å². The van der Waals surface area contributed by atoms with Crippen molar-refractivity contribution in [2.75, 3.05) is 25.4 Å². The number of esters is 1. The van der Waals surface area contributed by atoms with Crippen molar-refractivity contribution in [1.82, 2.24) is 35.5 Å². The number of nitrogens with one attached hydrogen (secondary N) is 2. The molecular weight excluding hydrogens is 711 g/mol. The van der Waals surface area contributed by atoms with Crippen molar-refractivity contribution >= 4 is 29.4 Å². The number of alkyl halides is 1. The molecule has 4 heterocycles. The highest BCUT2D eigenvalue weighted by molar-refractivity contribution is 5.95. The number of nitrogens with two attached hydrogens (primary N) is 1. The van der Waals surface area contributed by atoms with Crippen LogP contribution >= 0.6 is 0 Å². The number of hydrogen-bond acceptors (Lipinski definition) is 11. The van der Waals surface area contributed by atoms with Gasteiger partial charge in [-0.3, -0.25) is 19.1 Å². The van der Waals surface area contributed by atoms with E-state index in [1.165, 1.54) is 17.1 Å². The largest absolute Gasteiger partial charge is 0.460 e. The molecule has 1 fully saturated rings. The molecule has 2 aromatic heterocycles. The Labute approximate surface area is 318 Å². The Kier molecular flexibility index (Phi) is 14.1. The molecule has 5 rings (SSSR count). The molecule has 1 aromatic carbocycles. The zero-order chi connectivity index (χ0) is 39.5. The molecule has 5 unspecified atom stereocenters. The standard InChI is InChI=1S/C39H49FN8O7/c1-24(2)37-27(19-35(51)43-14-16-47-22-31(45-46-47)26-8-4-9-29(41)18-26)11-12-34(50)42-13-5-7-25(3)17-30(49)20-28(40)21-36-44-32(23-54-36)38(52)48-15-6-10-33(48)39(53)55-37/h4-5,7-9,11-12,17-18,22-24,27-28,30,33,37,49H,6,10,13-16,19-21,41H2,1-3H3,(H,42,50)(H,43,51)/b7-5+,12-11+,25-17+. The smallest absolute Gasteiger partial charge is 0.329 e. The highest BCUT2D eigenvalue weighted by Gasteiger charge is 2.39. The number of nitrogen functional groups attached to an aromatic ring is 1. The van der Waals surface area contributed by atoms with Crippen molar-refractivity contribution in [1.29, 1.82) is 0 Å². The molecule has 0 spiro atoms. The van der Waals surface area contributed by atoms with E-state index < -0.39 is 48.1 Å². The third kappa shape index (κ3) is 11.7. The SMILES string of the molecule is CC1=C\C(O)CC(F)Cc2nc(co2)C(=O)N2CCCC2C(=O)OC(C(C)C)C(CC(=O)NCCn2cc(-c3cccc(N)c3)nn2)/C=C/C(=O)NC\C=C\1. The minimum absolute atomic E-state index is 0.00675. The van der Waals surface area contributed by atoms with Gasteiger partial charge in [-0.05, 0) is 43.9 Å². The monoisotopic (exact) mass is 760 g/mol. The summed E-state index contributed by atoms with van der Waals surface area (Å²) in [7, 11) is 0. The van der Waals surface area contributed by atoms with Gasteiger partial charge in [-0.15, -0.1) is 5.10 Å². The average Bonchev–Trinajstić information content (AvgIpc) is 3.92. The molecule has 294 valence electrons. The van der Waals surface area contributed by atoms with E-state index in [0.29, 0.717) is 36.3 Å². The quantitative estimate of drug-likeness (QED) is 0.203. The van der Waals surface area contributed by atoms with Crippen LogP contribution in [-0.4, -0.2) is 97.7 Å². The highest BCUT2D eigenvalue weighted by Crippen LogP contribution is 2.27. The Hall–Kier alpha value is -5.64. The van der Waals surface area contributed by atoms with Crippen LogP contribution in [0.1, 0.15) is 62.8 Å². The molecule has 1 saturated heterocycles. The van der Waals surface area contributed by atoms with E-state index in [2.05, 4.69) is 25.9 Å². The lowest BCUT2D eigenvalue weighted by molar-refractivity contribution is -0.159. The summed E-state index contributed by atoms with van der Waals surface area (Å²) < 4.78 is 27.9. The maximum absolute atomic E-state index is 14.9. The van der Waals surface area contributed by atoms with Crippen LogP contribution < -0.4 is 16.4 Å². The number of benzene rings is 1. The summed E-state index contributed by atoms with van der Waals surface area (Å²) in [5, 5.41) is 24.4. The Morgan fingerprint density at radius 2 is 2.02 bits per heavy atom. The van der Waals surface area contributed by atoms with E-state index in [9.17, 15) is 28.7 Å². The predicted molar refractivity (Wildman–Crippen MR) is 201 cm³/mol. The molecule has 16 heteroatoms. The van der Waals surface area contributed by atoms with Gasteiger partial charge < -0.3 is 35.5 Å².